The van der Waals surface area contributed by atoms with E-state index in [-0.39, 0.29) is 29.0 Å². The smallest absolute Gasteiger partial charge is 0.235 e. The average Bonchev–Trinajstić information content (AvgIpc) is 3.19. The van der Waals surface area contributed by atoms with Gasteiger partial charge < -0.3 is 9.80 Å². The maximum absolute atomic E-state index is 14.2. The van der Waals surface area contributed by atoms with Gasteiger partial charge in [-0.2, -0.15) is 10.5 Å². The molecule has 32 heavy (non-hydrogen) atoms. The van der Waals surface area contributed by atoms with Gasteiger partial charge in [0.15, 0.2) is 11.4 Å². The number of carbonyl (C=O) groups is 1. The normalized spacial score (nSPS) is 25.2. The summed E-state index contributed by atoms with van der Waals surface area (Å²) in [5.41, 5.74) is 0.530. The third-order valence-corrected chi connectivity index (χ3v) is 7.77. The fourth-order valence-corrected chi connectivity index (χ4v) is 6.02. The Balaban J connectivity index is 1.48. The molecule has 2 bridgehead atoms. The fraction of sp³-hybridized carbons (Fsp3) is 0.458. The molecule has 1 saturated carbocycles. The highest BCUT2D eigenvalue weighted by Crippen LogP contribution is 2.67. The van der Waals surface area contributed by atoms with Crippen molar-refractivity contribution in [1.29, 1.82) is 10.5 Å². The standard InChI is InChI=1S/C24H23FN6O/c1-23(2)15-7-8-24(23,21-20(15)28-17(13-26)18(14-27)29-21)22(32)31-11-9-30(10-12-31)19-6-4-3-5-16(19)25/h3-6,15H,7-12H2,1-2H3. The van der Waals surface area contributed by atoms with Gasteiger partial charge in [-0.1, -0.05) is 26.0 Å². The first-order valence-corrected chi connectivity index (χ1v) is 10.9. The topological polar surface area (TPSA) is 96.9 Å². The minimum absolute atomic E-state index is 0.000156. The predicted octanol–water partition coefficient (Wildman–Crippen LogP) is 2.86. The van der Waals surface area contributed by atoms with E-state index in [0.717, 1.165) is 6.42 Å². The molecule has 0 radical (unpaired) electrons. The molecule has 2 atom stereocenters. The van der Waals surface area contributed by atoms with Gasteiger partial charge in [0.2, 0.25) is 5.91 Å². The lowest BCUT2D eigenvalue weighted by molar-refractivity contribution is -0.141. The molecule has 2 aliphatic carbocycles. The minimum atomic E-state index is -0.861. The van der Waals surface area contributed by atoms with Crippen molar-refractivity contribution in [1.82, 2.24) is 14.9 Å². The molecule has 1 amide bonds. The van der Waals surface area contributed by atoms with E-state index in [1.54, 1.807) is 12.1 Å². The average molecular weight is 430 g/mol. The van der Waals surface area contributed by atoms with E-state index in [1.807, 2.05) is 28.0 Å². The number of carbonyl (C=O) groups excluding carboxylic acids is 1. The fourth-order valence-electron chi connectivity index (χ4n) is 6.02. The van der Waals surface area contributed by atoms with Gasteiger partial charge in [-0.05, 0) is 30.4 Å². The first kappa shape index (κ1) is 20.4. The Bertz CT molecular complexity index is 1200. The van der Waals surface area contributed by atoms with Crippen molar-refractivity contribution in [2.24, 2.45) is 5.41 Å². The van der Waals surface area contributed by atoms with Crippen molar-refractivity contribution in [2.45, 2.75) is 38.0 Å². The molecular formula is C24H23FN6O. The molecule has 2 heterocycles. The van der Waals surface area contributed by atoms with E-state index in [9.17, 15) is 19.7 Å². The number of benzene rings is 1. The Morgan fingerprint density at radius 2 is 1.75 bits per heavy atom. The van der Waals surface area contributed by atoms with Crippen LogP contribution in [0.3, 0.4) is 0 Å². The molecule has 3 aliphatic rings. The highest BCUT2D eigenvalue weighted by Gasteiger charge is 2.68. The highest BCUT2D eigenvalue weighted by atomic mass is 19.1. The number of amides is 1. The molecule has 8 heteroatoms. The van der Waals surface area contributed by atoms with Gasteiger partial charge in [0.25, 0.3) is 0 Å². The summed E-state index contributed by atoms with van der Waals surface area (Å²) in [6.07, 6.45) is 1.45. The van der Waals surface area contributed by atoms with E-state index < -0.39 is 10.8 Å². The summed E-state index contributed by atoms with van der Waals surface area (Å²) in [7, 11) is 0. The maximum Gasteiger partial charge on any atom is 0.235 e. The molecule has 1 aliphatic heterocycles. The molecule has 7 nitrogen and oxygen atoms in total. The van der Waals surface area contributed by atoms with Gasteiger partial charge in [-0.15, -0.1) is 0 Å². The Morgan fingerprint density at radius 3 is 2.41 bits per heavy atom. The van der Waals surface area contributed by atoms with Crippen LogP contribution in [-0.2, 0) is 10.2 Å². The molecule has 162 valence electrons. The van der Waals surface area contributed by atoms with E-state index in [0.29, 0.717) is 49.7 Å². The quantitative estimate of drug-likeness (QED) is 0.727. The Hall–Kier alpha value is -3.52. The molecule has 2 fully saturated rings. The summed E-state index contributed by atoms with van der Waals surface area (Å²) >= 11 is 0. The Kier molecular flexibility index (Phi) is 4.46. The largest absolute Gasteiger partial charge is 0.366 e. The zero-order valence-corrected chi connectivity index (χ0v) is 18.1. The zero-order chi connectivity index (χ0) is 22.7. The number of anilines is 1. The molecular weight excluding hydrogens is 407 g/mol. The third-order valence-electron chi connectivity index (χ3n) is 7.77. The van der Waals surface area contributed by atoms with Crippen molar-refractivity contribution in [3.8, 4) is 12.1 Å². The summed E-state index contributed by atoms with van der Waals surface area (Å²) in [5.74, 6) is -0.240. The van der Waals surface area contributed by atoms with Crippen molar-refractivity contribution >= 4 is 11.6 Å². The minimum Gasteiger partial charge on any atom is -0.366 e. The van der Waals surface area contributed by atoms with Crippen molar-refractivity contribution < 1.29 is 9.18 Å². The van der Waals surface area contributed by atoms with Crippen LogP contribution in [0.1, 0.15) is 55.4 Å². The number of rotatable bonds is 2. The van der Waals surface area contributed by atoms with Crippen LogP contribution in [0.5, 0.6) is 0 Å². The Labute approximate surface area is 186 Å². The molecule has 1 saturated heterocycles. The van der Waals surface area contributed by atoms with Gasteiger partial charge >= 0.3 is 0 Å². The van der Waals surface area contributed by atoms with Gasteiger partial charge in [0.1, 0.15) is 18.0 Å². The number of hydrogen-bond acceptors (Lipinski definition) is 6. The lowest BCUT2D eigenvalue weighted by Gasteiger charge is -2.43. The third kappa shape index (κ3) is 2.53. The number of piperazine rings is 1. The van der Waals surface area contributed by atoms with Crippen LogP contribution in [0.4, 0.5) is 10.1 Å². The summed E-state index contributed by atoms with van der Waals surface area (Å²) in [6.45, 7) is 6.20. The number of nitriles is 2. The first-order chi connectivity index (χ1) is 15.3. The number of aromatic nitrogens is 2. The lowest BCUT2D eigenvalue weighted by atomic mass is 9.67. The number of halogens is 1. The zero-order valence-electron chi connectivity index (χ0n) is 18.1. The van der Waals surface area contributed by atoms with E-state index >= 15 is 0 Å². The van der Waals surface area contributed by atoms with Crippen molar-refractivity contribution in [3.05, 3.63) is 52.9 Å². The van der Waals surface area contributed by atoms with Crippen LogP contribution in [0.2, 0.25) is 0 Å². The van der Waals surface area contributed by atoms with Gasteiger partial charge in [-0.3, -0.25) is 4.79 Å². The summed E-state index contributed by atoms with van der Waals surface area (Å²) < 4.78 is 14.2. The summed E-state index contributed by atoms with van der Waals surface area (Å²) in [6, 6.07) is 10.6. The molecule has 0 N–H and O–H groups in total. The highest BCUT2D eigenvalue weighted by molar-refractivity contribution is 5.91. The van der Waals surface area contributed by atoms with Crippen molar-refractivity contribution in [2.75, 3.05) is 31.1 Å². The summed E-state index contributed by atoms with van der Waals surface area (Å²) in [4.78, 5) is 26.9. The SMILES string of the molecule is CC1(C)C2CCC1(C(=O)N1CCN(c3ccccc3F)CC1)c1nc(C#N)c(C#N)nc12. The van der Waals surface area contributed by atoms with Crippen LogP contribution >= 0.6 is 0 Å². The van der Waals surface area contributed by atoms with Gasteiger partial charge in [0.05, 0.1) is 22.5 Å². The second-order valence-electron chi connectivity index (χ2n) is 9.33. The van der Waals surface area contributed by atoms with Crippen LogP contribution in [-0.4, -0.2) is 47.0 Å². The molecule has 1 aromatic heterocycles. The molecule has 0 spiro atoms. The van der Waals surface area contributed by atoms with Crippen LogP contribution < -0.4 is 4.90 Å². The Morgan fingerprint density at radius 1 is 1.09 bits per heavy atom. The van der Waals surface area contributed by atoms with Crippen LogP contribution in [0.15, 0.2) is 24.3 Å². The molecule has 1 aromatic carbocycles. The first-order valence-electron chi connectivity index (χ1n) is 10.9. The lowest BCUT2D eigenvalue weighted by Crippen LogP contribution is -2.57. The van der Waals surface area contributed by atoms with Gasteiger partial charge in [0, 0.05) is 32.1 Å². The van der Waals surface area contributed by atoms with Crippen LogP contribution in [0, 0.1) is 33.9 Å². The van der Waals surface area contributed by atoms with Crippen LogP contribution in [0.25, 0.3) is 0 Å². The number of fused-ring (bicyclic) bond motifs is 5. The molecule has 5 rings (SSSR count). The molecule has 2 unspecified atom stereocenters. The number of hydrogen-bond donors (Lipinski definition) is 0. The second-order valence-corrected chi connectivity index (χ2v) is 9.33. The maximum atomic E-state index is 14.2. The number of para-hydroxylation sites is 1. The van der Waals surface area contributed by atoms with E-state index in [4.69, 9.17) is 0 Å². The molecule has 2 aromatic rings. The summed E-state index contributed by atoms with van der Waals surface area (Å²) in [5, 5.41) is 18.9. The van der Waals surface area contributed by atoms with E-state index in [2.05, 4.69) is 23.8 Å². The second kappa shape index (κ2) is 7.00. The predicted molar refractivity (Wildman–Crippen MR) is 114 cm³/mol. The van der Waals surface area contributed by atoms with E-state index in [1.165, 1.54) is 6.07 Å². The number of nitrogens with zero attached hydrogens (tertiary/aromatic N) is 6. The van der Waals surface area contributed by atoms with Gasteiger partial charge in [-0.25, -0.2) is 14.4 Å². The monoisotopic (exact) mass is 430 g/mol. The van der Waals surface area contributed by atoms with Crippen molar-refractivity contribution in [3.63, 3.8) is 0 Å².